The van der Waals surface area contributed by atoms with Gasteiger partial charge in [-0.25, -0.2) is 9.97 Å². The predicted octanol–water partition coefficient (Wildman–Crippen LogP) is 3.44. The molecule has 0 fully saturated rings. The molecule has 0 radical (unpaired) electrons. The minimum absolute atomic E-state index is 0.622. The van der Waals surface area contributed by atoms with Gasteiger partial charge in [-0.2, -0.15) is 0 Å². The summed E-state index contributed by atoms with van der Waals surface area (Å²) >= 11 is 0. The minimum Gasteiger partial charge on any atom is -0.383 e. The monoisotopic (exact) mass is 274 g/mol. The van der Waals surface area contributed by atoms with Crippen LogP contribution in [0.25, 0.3) is 27.9 Å². The summed E-state index contributed by atoms with van der Waals surface area (Å²) in [6.07, 6.45) is 1.99. The number of nitrogens with zero attached hydrogens (tertiary/aromatic N) is 3. The third-order valence-electron chi connectivity index (χ3n) is 3.64. The third-order valence-corrected chi connectivity index (χ3v) is 3.64. The number of para-hydroxylation sites is 1. The van der Waals surface area contributed by atoms with Crippen LogP contribution in [0.2, 0.25) is 0 Å². The molecule has 4 rings (SSSR count). The first-order chi connectivity index (χ1) is 10.2. The van der Waals surface area contributed by atoms with E-state index in [1.54, 1.807) is 0 Å². The van der Waals surface area contributed by atoms with E-state index in [9.17, 15) is 0 Å². The highest BCUT2D eigenvalue weighted by Gasteiger charge is 2.12. The number of fused-ring (bicyclic) bond motifs is 2. The van der Waals surface area contributed by atoms with E-state index in [0.29, 0.717) is 5.82 Å². The van der Waals surface area contributed by atoms with Crippen LogP contribution < -0.4 is 5.73 Å². The molecular formula is C17H14N4. The fourth-order valence-corrected chi connectivity index (χ4v) is 2.56. The van der Waals surface area contributed by atoms with Gasteiger partial charge in [0.25, 0.3) is 0 Å². The van der Waals surface area contributed by atoms with Crippen LogP contribution in [0.1, 0.15) is 5.56 Å². The molecule has 3 aromatic heterocycles. The average Bonchev–Trinajstić information content (AvgIpc) is 2.84. The second kappa shape index (κ2) is 4.31. The van der Waals surface area contributed by atoms with Crippen LogP contribution in [0.3, 0.4) is 0 Å². The van der Waals surface area contributed by atoms with Crippen LogP contribution >= 0.6 is 0 Å². The second-order valence-electron chi connectivity index (χ2n) is 5.17. The molecule has 4 nitrogen and oxygen atoms in total. The molecule has 0 spiro atoms. The fourth-order valence-electron chi connectivity index (χ4n) is 2.56. The molecule has 0 amide bonds. The molecule has 2 N–H and O–H groups in total. The second-order valence-corrected chi connectivity index (χ2v) is 5.17. The number of anilines is 1. The van der Waals surface area contributed by atoms with E-state index in [1.165, 1.54) is 0 Å². The van der Waals surface area contributed by atoms with Crippen molar-refractivity contribution in [2.75, 3.05) is 5.73 Å². The Hall–Kier alpha value is -2.88. The van der Waals surface area contributed by atoms with Crippen LogP contribution in [0.5, 0.6) is 0 Å². The van der Waals surface area contributed by atoms with E-state index < -0.39 is 0 Å². The van der Waals surface area contributed by atoms with Crippen LogP contribution in [0.15, 0.2) is 54.7 Å². The van der Waals surface area contributed by atoms with E-state index >= 15 is 0 Å². The zero-order chi connectivity index (χ0) is 14.4. The Labute approximate surface area is 121 Å². The van der Waals surface area contributed by atoms with Gasteiger partial charge in [-0.15, -0.1) is 0 Å². The summed E-state index contributed by atoms with van der Waals surface area (Å²) in [5, 5.41) is 1.11. The van der Waals surface area contributed by atoms with Gasteiger partial charge in [-0.1, -0.05) is 30.3 Å². The SMILES string of the molecule is Cc1ccc2nc(-c3ccc4ccccc4n3)c(N)n2c1. The lowest BCUT2D eigenvalue weighted by atomic mass is 10.2. The predicted molar refractivity (Wildman–Crippen MR) is 85.1 cm³/mol. The summed E-state index contributed by atoms with van der Waals surface area (Å²) in [5.74, 6) is 0.622. The number of nitrogen functional groups attached to an aromatic ring is 1. The quantitative estimate of drug-likeness (QED) is 0.578. The Morgan fingerprint density at radius 1 is 0.952 bits per heavy atom. The molecule has 102 valence electrons. The van der Waals surface area contributed by atoms with Crippen molar-refractivity contribution in [3.05, 3.63) is 60.3 Å². The van der Waals surface area contributed by atoms with Gasteiger partial charge >= 0.3 is 0 Å². The van der Waals surface area contributed by atoms with E-state index in [0.717, 1.165) is 33.5 Å². The maximum Gasteiger partial charge on any atom is 0.139 e. The largest absolute Gasteiger partial charge is 0.383 e. The Bertz CT molecular complexity index is 969. The Balaban J connectivity index is 1.97. The van der Waals surface area contributed by atoms with Gasteiger partial charge in [-0.05, 0) is 30.7 Å². The van der Waals surface area contributed by atoms with Crippen molar-refractivity contribution in [3.63, 3.8) is 0 Å². The molecule has 0 aliphatic carbocycles. The number of pyridine rings is 2. The molecule has 3 heterocycles. The van der Waals surface area contributed by atoms with Crippen molar-refractivity contribution in [2.24, 2.45) is 0 Å². The van der Waals surface area contributed by atoms with Crippen LogP contribution in [0, 0.1) is 6.92 Å². The van der Waals surface area contributed by atoms with E-state index in [1.807, 2.05) is 66.1 Å². The maximum atomic E-state index is 6.24. The molecule has 0 saturated heterocycles. The standard InChI is InChI=1S/C17H14N4/c1-11-6-9-15-20-16(17(18)21(15)10-11)14-8-7-12-4-2-3-5-13(12)19-14/h2-10H,18H2,1H3. The molecule has 0 aliphatic rings. The third kappa shape index (κ3) is 1.84. The number of rotatable bonds is 1. The minimum atomic E-state index is 0.622. The van der Waals surface area contributed by atoms with Crippen molar-refractivity contribution >= 4 is 22.4 Å². The Kier molecular flexibility index (Phi) is 2.44. The number of aryl methyl sites for hydroxylation is 1. The lowest BCUT2D eigenvalue weighted by Gasteiger charge is -2.02. The first-order valence-corrected chi connectivity index (χ1v) is 6.83. The first kappa shape index (κ1) is 11.9. The molecule has 4 heteroatoms. The number of imidazole rings is 1. The van der Waals surface area contributed by atoms with Gasteiger partial charge in [0.1, 0.15) is 17.2 Å². The Morgan fingerprint density at radius 3 is 2.71 bits per heavy atom. The highest BCUT2D eigenvalue weighted by Crippen LogP contribution is 2.26. The van der Waals surface area contributed by atoms with Crippen LogP contribution in [-0.4, -0.2) is 14.4 Å². The number of hydrogen-bond acceptors (Lipinski definition) is 3. The maximum absolute atomic E-state index is 6.24. The Morgan fingerprint density at radius 2 is 1.81 bits per heavy atom. The van der Waals surface area contributed by atoms with E-state index in [-0.39, 0.29) is 0 Å². The molecule has 1 aromatic carbocycles. The van der Waals surface area contributed by atoms with Crippen molar-refractivity contribution < 1.29 is 0 Å². The average molecular weight is 274 g/mol. The van der Waals surface area contributed by atoms with Gasteiger partial charge in [0.05, 0.1) is 11.2 Å². The van der Waals surface area contributed by atoms with Crippen LogP contribution in [-0.2, 0) is 0 Å². The van der Waals surface area contributed by atoms with Gasteiger partial charge in [0, 0.05) is 11.6 Å². The first-order valence-electron chi connectivity index (χ1n) is 6.83. The summed E-state index contributed by atoms with van der Waals surface area (Å²) in [4.78, 5) is 9.27. The lowest BCUT2D eigenvalue weighted by Crippen LogP contribution is -1.95. The lowest BCUT2D eigenvalue weighted by molar-refractivity contribution is 1.16. The smallest absolute Gasteiger partial charge is 0.139 e. The molecule has 0 bridgehead atoms. The van der Waals surface area contributed by atoms with Crippen molar-refractivity contribution in [2.45, 2.75) is 6.92 Å². The molecule has 0 saturated carbocycles. The molecular weight excluding hydrogens is 260 g/mol. The number of nitrogens with two attached hydrogens (primary N) is 1. The molecule has 0 aliphatic heterocycles. The van der Waals surface area contributed by atoms with E-state index in [4.69, 9.17) is 5.73 Å². The normalized spacial score (nSPS) is 11.3. The van der Waals surface area contributed by atoms with Crippen molar-refractivity contribution in [3.8, 4) is 11.4 Å². The van der Waals surface area contributed by atoms with Gasteiger partial charge < -0.3 is 5.73 Å². The summed E-state index contributed by atoms with van der Waals surface area (Å²) in [5.41, 5.74) is 10.7. The highest BCUT2D eigenvalue weighted by atomic mass is 15.1. The topological polar surface area (TPSA) is 56.2 Å². The van der Waals surface area contributed by atoms with Crippen molar-refractivity contribution in [1.29, 1.82) is 0 Å². The summed E-state index contributed by atoms with van der Waals surface area (Å²) in [6.45, 7) is 2.03. The molecule has 4 aromatic rings. The summed E-state index contributed by atoms with van der Waals surface area (Å²) in [7, 11) is 0. The summed E-state index contributed by atoms with van der Waals surface area (Å²) < 4.78 is 1.90. The summed E-state index contributed by atoms with van der Waals surface area (Å²) in [6, 6.07) is 16.0. The van der Waals surface area contributed by atoms with Gasteiger partial charge in [-0.3, -0.25) is 4.40 Å². The number of benzene rings is 1. The zero-order valence-electron chi connectivity index (χ0n) is 11.6. The van der Waals surface area contributed by atoms with Gasteiger partial charge in [0.15, 0.2) is 0 Å². The highest BCUT2D eigenvalue weighted by molar-refractivity contribution is 5.83. The molecule has 21 heavy (non-hydrogen) atoms. The van der Waals surface area contributed by atoms with Crippen molar-refractivity contribution in [1.82, 2.24) is 14.4 Å². The number of hydrogen-bond donors (Lipinski definition) is 1. The fraction of sp³-hybridized carbons (Fsp3) is 0.0588. The van der Waals surface area contributed by atoms with E-state index in [2.05, 4.69) is 9.97 Å². The number of aromatic nitrogens is 3. The van der Waals surface area contributed by atoms with Crippen LogP contribution in [0.4, 0.5) is 5.82 Å². The van der Waals surface area contributed by atoms with Gasteiger partial charge in [0.2, 0.25) is 0 Å². The zero-order valence-corrected chi connectivity index (χ0v) is 11.6. The molecule has 0 unspecified atom stereocenters. The molecule has 0 atom stereocenters.